The zero-order valence-corrected chi connectivity index (χ0v) is 16.7. The van der Waals surface area contributed by atoms with Gasteiger partial charge in [0.15, 0.2) is 5.82 Å². The smallest absolute Gasteiger partial charge is 0.399 e. The average molecular weight is 394 g/mol. The van der Waals surface area contributed by atoms with E-state index in [0.717, 1.165) is 6.20 Å². The quantitative estimate of drug-likeness (QED) is 0.638. The van der Waals surface area contributed by atoms with Crippen molar-refractivity contribution in [2.24, 2.45) is 0 Å². The standard InChI is InChI=1S/C18H22BClFN3O3/c1-6-11(14-13(21)9-23-16(25)24-14)12-7-10(8-22-15(12)20)19-26-17(2,3)18(4,5)27-19/h7-9,11H,6H2,1-5H3,(H,23,24,25). The Bertz CT molecular complexity index is 903. The summed E-state index contributed by atoms with van der Waals surface area (Å²) in [7, 11) is -0.618. The van der Waals surface area contributed by atoms with Gasteiger partial charge in [0.1, 0.15) is 5.15 Å². The molecule has 1 aliphatic heterocycles. The Labute approximate surface area is 162 Å². The number of aromatic amines is 1. The van der Waals surface area contributed by atoms with Gasteiger partial charge in [-0.1, -0.05) is 24.6 Å². The van der Waals surface area contributed by atoms with Crippen LogP contribution >= 0.6 is 11.6 Å². The zero-order valence-electron chi connectivity index (χ0n) is 16.0. The fourth-order valence-corrected chi connectivity index (χ4v) is 3.27. The van der Waals surface area contributed by atoms with Gasteiger partial charge in [-0.05, 0) is 39.7 Å². The summed E-state index contributed by atoms with van der Waals surface area (Å²) in [4.78, 5) is 21.8. The molecule has 0 amide bonds. The molecule has 0 aromatic carbocycles. The van der Waals surface area contributed by atoms with Crippen LogP contribution in [0.2, 0.25) is 5.15 Å². The summed E-state index contributed by atoms with van der Waals surface area (Å²) in [5.41, 5.74) is -0.323. The van der Waals surface area contributed by atoms with E-state index in [1.807, 2.05) is 34.6 Å². The van der Waals surface area contributed by atoms with Crippen LogP contribution in [-0.2, 0) is 9.31 Å². The lowest BCUT2D eigenvalue weighted by atomic mass is 9.78. The van der Waals surface area contributed by atoms with Crippen molar-refractivity contribution in [1.29, 1.82) is 0 Å². The zero-order chi connectivity index (χ0) is 20.0. The van der Waals surface area contributed by atoms with Crippen LogP contribution in [0.15, 0.2) is 23.3 Å². The summed E-state index contributed by atoms with van der Waals surface area (Å²) < 4.78 is 26.4. The molecular formula is C18H22BClFN3O3. The van der Waals surface area contributed by atoms with Gasteiger partial charge in [0.2, 0.25) is 0 Å². The minimum Gasteiger partial charge on any atom is -0.399 e. The normalized spacial score (nSPS) is 19.3. The molecule has 9 heteroatoms. The van der Waals surface area contributed by atoms with E-state index in [1.165, 1.54) is 0 Å². The van der Waals surface area contributed by atoms with Gasteiger partial charge in [0, 0.05) is 23.8 Å². The Morgan fingerprint density at radius 3 is 2.52 bits per heavy atom. The molecule has 1 aliphatic rings. The number of nitrogens with one attached hydrogen (secondary N) is 1. The molecule has 1 saturated heterocycles. The second-order valence-corrected chi connectivity index (χ2v) is 7.99. The van der Waals surface area contributed by atoms with E-state index < -0.39 is 35.7 Å². The molecular weight excluding hydrogens is 371 g/mol. The molecule has 27 heavy (non-hydrogen) atoms. The first-order chi connectivity index (χ1) is 12.6. The summed E-state index contributed by atoms with van der Waals surface area (Å²) >= 11 is 6.30. The highest BCUT2D eigenvalue weighted by atomic mass is 35.5. The predicted molar refractivity (Wildman–Crippen MR) is 102 cm³/mol. The molecule has 1 fully saturated rings. The van der Waals surface area contributed by atoms with Crippen molar-refractivity contribution in [2.75, 3.05) is 0 Å². The van der Waals surface area contributed by atoms with E-state index >= 15 is 0 Å². The molecule has 2 aromatic heterocycles. The highest BCUT2D eigenvalue weighted by Gasteiger charge is 2.52. The molecule has 1 atom stereocenters. The summed E-state index contributed by atoms with van der Waals surface area (Å²) in [6.45, 7) is 9.71. The summed E-state index contributed by atoms with van der Waals surface area (Å²) in [5, 5.41) is 0.226. The number of hydrogen-bond acceptors (Lipinski definition) is 5. The van der Waals surface area contributed by atoms with E-state index in [4.69, 9.17) is 20.9 Å². The van der Waals surface area contributed by atoms with Gasteiger partial charge in [-0.25, -0.2) is 14.2 Å². The van der Waals surface area contributed by atoms with Crippen LogP contribution in [0.1, 0.15) is 58.2 Å². The maximum Gasteiger partial charge on any atom is 0.496 e. The number of halogens is 2. The first-order valence-corrected chi connectivity index (χ1v) is 9.19. The third kappa shape index (κ3) is 3.66. The maximum atomic E-state index is 14.3. The lowest BCUT2D eigenvalue weighted by Gasteiger charge is -2.32. The molecule has 3 heterocycles. The second kappa shape index (κ2) is 7.00. The van der Waals surface area contributed by atoms with Crippen LogP contribution in [0.3, 0.4) is 0 Å². The molecule has 0 spiro atoms. The molecule has 1 N–H and O–H groups in total. The van der Waals surface area contributed by atoms with Crippen LogP contribution < -0.4 is 11.2 Å². The molecule has 3 rings (SSSR count). The Kier molecular flexibility index (Phi) is 5.18. The number of hydrogen-bond donors (Lipinski definition) is 1. The van der Waals surface area contributed by atoms with E-state index in [-0.39, 0.29) is 10.8 Å². The van der Waals surface area contributed by atoms with E-state index in [2.05, 4.69) is 15.0 Å². The lowest BCUT2D eigenvalue weighted by Crippen LogP contribution is -2.41. The highest BCUT2D eigenvalue weighted by Crippen LogP contribution is 2.37. The summed E-state index contributed by atoms with van der Waals surface area (Å²) in [5.74, 6) is -1.12. The highest BCUT2D eigenvalue weighted by molar-refractivity contribution is 6.62. The van der Waals surface area contributed by atoms with Crippen molar-refractivity contribution >= 4 is 24.2 Å². The molecule has 6 nitrogen and oxygen atoms in total. The molecule has 0 aliphatic carbocycles. The number of aromatic nitrogens is 3. The Morgan fingerprint density at radius 1 is 1.30 bits per heavy atom. The number of rotatable bonds is 4. The summed E-state index contributed by atoms with van der Waals surface area (Å²) in [6, 6.07) is 1.79. The monoisotopic (exact) mass is 393 g/mol. The van der Waals surface area contributed by atoms with Crippen molar-refractivity contribution in [1.82, 2.24) is 15.0 Å². The minimum absolute atomic E-state index is 0.0380. The fourth-order valence-electron chi connectivity index (χ4n) is 3.03. The first kappa shape index (κ1) is 20.0. The van der Waals surface area contributed by atoms with Gasteiger partial charge in [0.25, 0.3) is 0 Å². The molecule has 1 unspecified atom stereocenters. The van der Waals surface area contributed by atoms with E-state index in [0.29, 0.717) is 17.4 Å². The van der Waals surface area contributed by atoms with Crippen LogP contribution in [0.25, 0.3) is 0 Å². The average Bonchev–Trinajstić information content (AvgIpc) is 2.81. The van der Waals surface area contributed by atoms with Gasteiger partial charge < -0.3 is 14.3 Å². The first-order valence-electron chi connectivity index (χ1n) is 8.82. The Morgan fingerprint density at radius 2 is 1.93 bits per heavy atom. The Hall–Kier alpha value is -1.77. The van der Waals surface area contributed by atoms with E-state index in [9.17, 15) is 9.18 Å². The van der Waals surface area contributed by atoms with Crippen molar-refractivity contribution in [3.05, 3.63) is 51.2 Å². The number of pyridine rings is 1. The van der Waals surface area contributed by atoms with Crippen molar-refractivity contribution in [2.45, 2.75) is 58.2 Å². The van der Waals surface area contributed by atoms with Gasteiger partial charge in [0.05, 0.1) is 16.9 Å². The van der Waals surface area contributed by atoms with Gasteiger partial charge in [-0.2, -0.15) is 4.98 Å². The number of H-pyrrole nitrogens is 1. The molecule has 144 valence electrons. The molecule has 2 aromatic rings. The lowest BCUT2D eigenvalue weighted by molar-refractivity contribution is 0.00578. The largest absolute Gasteiger partial charge is 0.496 e. The van der Waals surface area contributed by atoms with Crippen molar-refractivity contribution < 1.29 is 13.7 Å². The van der Waals surface area contributed by atoms with Crippen LogP contribution in [0, 0.1) is 5.82 Å². The van der Waals surface area contributed by atoms with Gasteiger partial charge >= 0.3 is 12.8 Å². The fraction of sp³-hybridized carbons (Fsp3) is 0.500. The number of nitrogens with zero attached hydrogens (tertiary/aromatic N) is 2. The summed E-state index contributed by atoms with van der Waals surface area (Å²) in [6.07, 6.45) is 3.08. The van der Waals surface area contributed by atoms with Crippen LogP contribution in [0.5, 0.6) is 0 Å². The molecule has 0 bridgehead atoms. The topological polar surface area (TPSA) is 77.1 Å². The van der Waals surface area contributed by atoms with Crippen molar-refractivity contribution in [3.63, 3.8) is 0 Å². The third-order valence-corrected chi connectivity index (χ3v) is 5.63. The van der Waals surface area contributed by atoms with Gasteiger partial charge in [-0.15, -0.1) is 0 Å². The minimum atomic E-state index is -0.618. The maximum absolute atomic E-state index is 14.3. The van der Waals surface area contributed by atoms with E-state index in [1.54, 1.807) is 12.3 Å². The molecule has 0 saturated carbocycles. The third-order valence-electron chi connectivity index (χ3n) is 5.32. The predicted octanol–water partition coefficient (Wildman–Crippen LogP) is 2.80. The molecule has 0 radical (unpaired) electrons. The Balaban J connectivity index is 2.03. The van der Waals surface area contributed by atoms with Gasteiger partial charge in [-0.3, -0.25) is 0 Å². The second-order valence-electron chi connectivity index (χ2n) is 7.64. The SMILES string of the molecule is CCC(c1cc(B2OC(C)(C)C(C)(C)O2)cnc1Cl)c1nc(=O)[nH]cc1F. The van der Waals surface area contributed by atoms with Crippen LogP contribution in [0.4, 0.5) is 4.39 Å². The van der Waals surface area contributed by atoms with Crippen molar-refractivity contribution in [3.8, 4) is 0 Å². The van der Waals surface area contributed by atoms with Crippen LogP contribution in [-0.4, -0.2) is 33.3 Å².